The molecule has 0 aromatic heterocycles. The first kappa shape index (κ1) is 11.6. The molecule has 1 fully saturated rings. The predicted octanol–water partition coefficient (Wildman–Crippen LogP) is 2.08. The average molecular weight is 324 g/mol. The van der Waals surface area contributed by atoms with Gasteiger partial charge in [0.15, 0.2) is 0 Å². The molecule has 0 aromatic rings. The van der Waals surface area contributed by atoms with Gasteiger partial charge in [0, 0.05) is 27.1 Å². The zero-order valence-corrected chi connectivity index (χ0v) is 10.9. The van der Waals surface area contributed by atoms with Gasteiger partial charge in [-0.15, -0.1) is 5.54 Å². The Balaban J connectivity index is 0.000001000. The Morgan fingerprint density at radius 2 is 1.91 bits per heavy atom. The van der Waals surface area contributed by atoms with E-state index in [1.807, 2.05) is 0 Å². The molecule has 0 aromatic carbocycles. The van der Waals surface area contributed by atoms with Gasteiger partial charge in [0.25, 0.3) is 0 Å². The second-order valence-electron chi connectivity index (χ2n) is 3.93. The van der Waals surface area contributed by atoms with Crippen molar-refractivity contribution in [1.29, 1.82) is 0 Å². The van der Waals surface area contributed by atoms with E-state index >= 15 is 0 Å². The Bertz CT molecular complexity index is 121. The fourth-order valence-electron chi connectivity index (χ4n) is 1.89. The molecule has 11 heavy (non-hydrogen) atoms. The Morgan fingerprint density at radius 3 is 2.09 bits per heavy atom. The van der Waals surface area contributed by atoms with E-state index in [1.165, 1.54) is 13.0 Å². The van der Waals surface area contributed by atoms with Crippen LogP contribution in [0.1, 0.15) is 34.1 Å². The Morgan fingerprint density at radius 1 is 1.36 bits per heavy atom. The van der Waals surface area contributed by atoms with Crippen molar-refractivity contribution in [3.8, 4) is 0 Å². The first-order chi connectivity index (χ1) is 4.54. The Hall–Kier alpha value is 0.648. The molecule has 0 N–H and O–H groups in total. The van der Waals surface area contributed by atoms with Gasteiger partial charge < -0.3 is 11.3 Å². The standard InChI is InChI=1S/C9H18N.W/c1-8(2)10-7-5-6-9(10,3)4;/h6,8H,5,7H2,1-4H3;/q-1;. The Kier molecular flexibility index (Phi) is 4.29. The average Bonchev–Trinajstić information content (AvgIpc) is 2.08. The molecular weight excluding hydrogens is 306 g/mol. The van der Waals surface area contributed by atoms with E-state index in [2.05, 4.69) is 39.0 Å². The number of hydrogen-bond donors (Lipinski definition) is 0. The summed E-state index contributed by atoms with van der Waals surface area (Å²) in [6, 6.07) is 0.689. The molecule has 0 unspecified atom stereocenters. The van der Waals surface area contributed by atoms with Crippen molar-refractivity contribution in [2.45, 2.75) is 45.7 Å². The van der Waals surface area contributed by atoms with Gasteiger partial charge in [-0.2, -0.15) is 6.42 Å². The monoisotopic (exact) mass is 324 g/mol. The molecule has 0 spiro atoms. The minimum Gasteiger partial charge on any atom is -0.327 e. The number of rotatable bonds is 1. The van der Waals surface area contributed by atoms with Crippen molar-refractivity contribution in [2.24, 2.45) is 0 Å². The molecule has 1 rings (SSSR count). The van der Waals surface area contributed by atoms with E-state index in [9.17, 15) is 0 Å². The molecule has 0 radical (unpaired) electrons. The van der Waals surface area contributed by atoms with Gasteiger partial charge in [-0.3, -0.25) is 0 Å². The summed E-state index contributed by atoms with van der Waals surface area (Å²) in [4.78, 5) is 2.53. The molecule has 0 atom stereocenters. The first-order valence-electron chi connectivity index (χ1n) is 4.15. The number of hydrogen-bond acceptors (Lipinski definition) is 1. The van der Waals surface area contributed by atoms with Crippen LogP contribution in [0.3, 0.4) is 0 Å². The van der Waals surface area contributed by atoms with Crippen LogP contribution in [0, 0.1) is 6.42 Å². The zero-order valence-electron chi connectivity index (χ0n) is 7.92. The quantitative estimate of drug-likeness (QED) is 0.668. The second kappa shape index (κ2) is 4.05. The van der Waals surface area contributed by atoms with E-state index in [-0.39, 0.29) is 21.1 Å². The minimum atomic E-state index is 0. The molecule has 66 valence electrons. The van der Waals surface area contributed by atoms with Gasteiger partial charge in [-0.25, -0.2) is 0 Å². The van der Waals surface area contributed by atoms with Crippen LogP contribution < -0.4 is 0 Å². The fraction of sp³-hybridized carbons (Fsp3) is 0.889. The van der Waals surface area contributed by atoms with E-state index in [1.54, 1.807) is 0 Å². The topological polar surface area (TPSA) is 3.24 Å². The molecule has 1 heterocycles. The Labute approximate surface area is 84.8 Å². The normalized spacial score (nSPS) is 23.7. The zero-order chi connectivity index (χ0) is 7.78. The molecular formula is C9H18NW-. The summed E-state index contributed by atoms with van der Waals surface area (Å²) >= 11 is 0. The second-order valence-corrected chi connectivity index (χ2v) is 3.93. The third kappa shape index (κ3) is 2.56. The van der Waals surface area contributed by atoms with Crippen LogP contribution in [0.25, 0.3) is 0 Å². The van der Waals surface area contributed by atoms with Gasteiger partial charge in [-0.1, -0.05) is 13.8 Å². The molecule has 0 amide bonds. The summed E-state index contributed by atoms with van der Waals surface area (Å²) in [5.74, 6) is 0. The summed E-state index contributed by atoms with van der Waals surface area (Å²) < 4.78 is 0. The van der Waals surface area contributed by atoms with Gasteiger partial charge >= 0.3 is 0 Å². The molecule has 1 saturated heterocycles. The molecule has 1 aliphatic rings. The molecule has 0 bridgehead atoms. The maximum absolute atomic E-state index is 2.53. The van der Waals surface area contributed by atoms with Crippen LogP contribution in [-0.4, -0.2) is 23.0 Å². The van der Waals surface area contributed by atoms with Crippen LogP contribution in [0.5, 0.6) is 0 Å². The molecule has 0 saturated carbocycles. The van der Waals surface area contributed by atoms with Crippen LogP contribution in [0.2, 0.25) is 0 Å². The van der Waals surface area contributed by atoms with E-state index in [0.717, 1.165) is 0 Å². The van der Waals surface area contributed by atoms with Crippen LogP contribution in [0.15, 0.2) is 0 Å². The fourth-order valence-corrected chi connectivity index (χ4v) is 1.89. The van der Waals surface area contributed by atoms with Gasteiger partial charge in [0.05, 0.1) is 0 Å². The van der Waals surface area contributed by atoms with Gasteiger partial charge in [0.2, 0.25) is 0 Å². The van der Waals surface area contributed by atoms with Gasteiger partial charge in [-0.05, 0) is 20.4 Å². The summed E-state index contributed by atoms with van der Waals surface area (Å²) in [5.41, 5.74) is 0.341. The van der Waals surface area contributed by atoms with Crippen molar-refractivity contribution < 1.29 is 21.1 Å². The maximum Gasteiger partial charge on any atom is 0.00146 e. The summed E-state index contributed by atoms with van der Waals surface area (Å²) in [5, 5.41) is 0. The number of nitrogens with zero attached hydrogens (tertiary/aromatic N) is 1. The van der Waals surface area contributed by atoms with Crippen molar-refractivity contribution in [1.82, 2.24) is 4.90 Å². The van der Waals surface area contributed by atoms with Crippen molar-refractivity contribution in [2.75, 3.05) is 6.54 Å². The smallest absolute Gasteiger partial charge is 0.00146 e. The molecule has 1 aliphatic heterocycles. The summed E-state index contributed by atoms with van der Waals surface area (Å²) in [6.07, 6.45) is 3.66. The summed E-state index contributed by atoms with van der Waals surface area (Å²) in [6.45, 7) is 10.4. The third-order valence-electron chi connectivity index (χ3n) is 2.38. The van der Waals surface area contributed by atoms with Crippen LogP contribution >= 0.6 is 0 Å². The van der Waals surface area contributed by atoms with Crippen LogP contribution in [-0.2, 0) is 21.1 Å². The van der Waals surface area contributed by atoms with E-state index in [4.69, 9.17) is 0 Å². The largest absolute Gasteiger partial charge is 0.327 e. The first-order valence-corrected chi connectivity index (χ1v) is 4.15. The van der Waals surface area contributed by atoms with E-state index in [0.29, 0.717) is 11.6 Å². The molecule has 2 heteroatoms. The van der Waals surface area contributed by atoms with E-state index < -0.39 is 0 Å². The predicted molar refractivity (Wildman–Crippen MR) is 44.8 cm³/mol. The van der Waals surface area contributed by atoms with Crippen molar-refractivity contribution >= 4 is 0 Å². The third-order valence-corrected chi connectivity index (χ3v) is 2.38. The number of likely N-dealkylation sites (tertiary alicyclic amines) is 1. The van der Waals surface area contributed by atoms with Gasteiger partial charge in [0.1, 0.15) is 0 Å². The van der Waals surface area contributed by atoms with Crippen molar-refractivity contribution in [3.63, 3.8) is 0 Å². The van der Waals surface area contributed by atoms with Crippen molar-refractivity contribution in [3.05, 3.63) is 6.42 Å². The van der Waals surface area contributed by atoms with Crippen LogP contribution in [0.4, 0.5) is 0 Å². The minimum absolute atomic E-state index is 0. The maximum atomic E-state index is 2.53. The molecule has 1 nitrogen and oxygen atoms in total. The molecule has 0 aliphatic carbocycles. The SMILES string of the molecule is CC(C)N1CC[CH-]C1(C)C.[W]. The summed E-state index contributed by atoms with van der Waals surface area (Å²) in [7, 11) is 0.